The molecule has 3 rings (SSSR count). The van der Waals surface area contributed by atoms with Gasteiger partial charge in [0.1, 0.15) is 5.75 Å². The van der Waals surface area contributed by atoms with E-state index in [-0.39, 0.29) is 24.9 Å². The molecule has 0 radical (unpaired) electrons. The Morgan fingerprint density at radius 1 is 0.812 bits per heavy atom. The van der Waals surface area contributed by atoms with Crippen LogP contribution in [0.2, 0.25) is 0 Å². The zero-order chi connectivity index (χ0) is 22.9. The van der Waals surface area contributed by atoms with E-state index >= 15 is 0 Å². The molecule has 0 spiro atoms. The van der Waals surface area contributed by atoms with Gasteiger partial charge in [0.2, 0.25) is 11.8 Å². The molecular formula is C23H28N4O5. The molecule has 0 saturated carbocycles. The van der Waals surface area contributed by atoms with Crippen molar-refractivity contribution in [2.75, 3.05) is 64.1 Å². The number of ether oxygens (including phenoxy) is 2. The van der Waals surface area contributed by atoms with Crippen molar-refractivity contribution in [1.29, 1.82) is 0 Å². The van der Waals surface area contributed by atoms with Crippen molar-refractivity contribution >= 4 is 29.2 Å². The van der Waals surface area contributed by atoms with Gasteiger partial charge in [-0.1, -0.05) is 12.1 Å². The Balaban J connectivity index is 1.40. The molecule has 1 aliphatic heterocycles. The van der Waals surface area contributed by atoms with Crippen molar-refractivity contribution in [2.45, 2.75) is 0 Å². The van der Waals surface area contributed by atoms with Crippen LogP contribution < -0.4 is 15.4 Å². The molecule has 0 aliphatic carbocycles. The normalized spacial score (nSPS) is 14.4. The Kier molecular flexibility index (Phi) is 8.18. The number of benzene rings is 2. The molecule has 1 aliphatic rings. The number of amides is 2. The van der Waals surface area contributed by atoms with Crippen molar-refractivity contribution in [2.24, 2.45) is 0 Å². The summed E-state index contributed by atoms with van der Waals surface area (Å²) >= 11 is 0. The molecule has 9 heteroatoms. The predicted molar refractivity (Wildman–Crippen MR) is 121 cm³/mol. The molecule has 2 amide bonds. The number of rotatable bonds is 8. The first-order chi connectivity index (χ1) is 15.5. The van der Waals surface area contributed by atoms with Gasteiger partial charge in [0.25, 0.3) is 0 Å². The molecule has 0 unspecified atom stereocenters. The van der Waals surface area contributed by atoms with Crippen LogP contribution in [0.25, 0.3) is 0 Å². The number of para-hydroxylation sites is 2. The van der Waals surface area contributed by atoms with E-state index in [1.807, 2.05) is 17.0 Å². The van der Waals surface area contributed by atoms with Crippen LogP contribution in [0.15, 0.2) is 48.5 Å². The summed E-state index contributed by atoms with van der Waals surface area (Å²) in [6.07, 6.45) is 0. The molecular weight excluding hydrogens is 412 g/mol. The Labute approximate surface area is 187 Å². The SMILES string of the molecule is COC(=O)c1ccc(NC(=O)CN2CCN(CC(=O)Nc3ccccc3OC)CC2)cc1. The third-order valence-electron chi connectivity index (χ3n) is 5.17. The first-order valence-electron chi connectivity index (χ1n) is 10.3. The summed E-state index contributed by atoms with van der Waals surface area (Å²) in [5.41, 5.74) is 1.69. The molecule has 170 valence electrons. The number of esters is 1. The van der Waals surface area contributed by atoms with E-state index in [0.29, 0.717) is 48.9 Å². The Bertz CT molecular complexity index is 940. The molecule has 0 atom stereocenters. The minimum atomic E-state index is -0.419. The van der Waals surface area contributed by atoms with Gasteiger partial charge in [-0.15, -0.1) is 0 Å². The molecule has 9 nitrogen and oxygen atoms in total. The topological polar surface area (TPSA) is 100 Å². The van der Waals surface area contributed by atoms with Crippen molar-refractivity contribution in [3.05, 3.63) is 54.1 Å². The van der Waals surface area contributed by atoms with E-state index in [4.69, 9.17) is 4.74 Å². The van der Waals surface area contributed by atoms with Crippen LogP contribution in [0.5, 0.6) is 5.75 Å². The standard InChI is InChI=1S/C23H28N4O5/c1-31-20-6-4-3-5-19(20)25-22(29)16-27-13-11-26(12-14-27)15-21(28)24-18-9-7-17(8-10-18)23(30)32-2/h3-10H,11-16H2,1-2H3,(H,24,28)(H,25,29). The lowest BCUT2D eigenvalue weighted by molar-refractivity contribution is -0.120. The fraction of sp³-hybridized carbons (Fsp3) is 0.348. The van der Waals surface area contributed by atoms with Crippen LogP contribution in [0.1, 0.15) is 10.4 Å². The van der Waals surface area contributed by atoms with E-state index in [0.717, 1.165) is 0 Å². The van der Waals surface area contributed by atoms with Crippen LogP contribution >= 0.6 is 0 Å². The Morgan fingerprint density at radius 3 is 1.94 bits per heavy atom. The van der Waals surface area contributed by atoms with Crippen molar-refractivity contribution in [1.82, 2.24) is 9.80 Å². The summed E-state index contributed by atoms with van der Waals surface area (Å²) in [4.78, 5) is 40.3. The smallest absolute Gasteiger partial charge is 0.337 e. The summed E-state index contributed by atoms with van der Waals surface area (Å²) in [6.45, 7) is 3.32. The molecule has 32 heavy (non-hydrogen) atoms. The van der Waals surface area contributed by atoms with E-state index in [9.17, 15) is 14.4 Å². The fourth-order valence-electron chi connectivity index (χ4n) is 3.46. The van der Waals surface area contributed by atoms with Gasteiger partial charge in [-0.25, -0.2) is 4.79 Å². The van der Waals surface area contributed by atoms with Crippen molar-refractivity contribution in [3.8, 4) is 5.75 Å². The molecule has 2 N–H and O–H groups in total. The first-order valence-corrected chi connectivity index (χ1v) is 10.3. The number of carbonyl (C=O) groups excluding carboxylic acids is 3. The number of hydrogen-bond acceptors (Lipinski definition) is 7. The highest BCUT2D eigenvalue weighted by atomic mass is 16.5. The Morgan fingerprint density at radius 2 is 1.38 bits per heavy atom. The van der Waals surface area contributed by atoms with Gasteiger partial charge in [-0.2, -0.15) is 0 Å². The fourth-order valence-corrected chi connectivity index (χ4v) is 3.46. The van der Waals surface area contributed by atoms with E-state index in [1.165, 1.54) is 7.11 Å². The largest absolute Gasteiger partial charge is 0.495 e. The number of methoxy groups -OCH3 is 2. The van der Waals surface area contributed by atoms with Crippen LogP contribution in [0.4, 0.5) is 11.4 Å². The quantitative estimate of drug-likeness (QED) is 0.603. The van der Waals surface area contributed by atoms with Gasteiger partial charge in [-0.05, 0) is 36.4 Å². The monoisotopic (exact) mass is 440 g/mol. The molecule has 2 aromatic carbocycles. The lowest BCUT2D eigenvalue weighted by atomic mass is 10.2. The Hall–Kier alpha value is -3.43. The van der Waals surface area contributed by atoms with Crippen LogP contribution in [-0.4, -0.2) is 81.1 Å². The third kappa shape index (κ3) is 6.53. The maximum atomic E-state index is 12.4. The molecule has 1 heterocycles. The number of nitrogens with zero attached hydrogens (tertiary/aromatic N) is 2. The number of piperazine rings is 1. The highest BCUT2D eigenvalue weighted by molar-refractivity contribution is 5.94. The minimum absolute atomic E-state index is 0.101. The van der Waals surface area contributed by atoms with Gasteiger partial charge in [0, 0.05) is 31.9 Å². The predicted octanol–water partition coefficient (Wildman–Crippen LogP) is 1.68. The first kappa shape index (κ1) is 23.2. The average molecular weight is 441 g/mol. The van der Waals surface area contributed by atoms with Crippen LogP contribution in [0.3, 0.4) is 0 Å². The molecule has 0 bridgehead atoms. The number of anilines is 2. The van der Waals surface area contributed by atoms with Gasteiger partial charge in [0.05, 0.1) is 38.6 Å². The number of nitrogens with one attached hydrogen (secondary N) is 2. The summed E-state index contributed by atoms with van der Waals surface area (Å²) < 4.78 is 9.92. The van der Waals surface area contributed by atoms with E-state index in [2.05, 4.69) is 20.3 Å². The summed E-state index contributed by atoms with van der Waals surface area (Å²) in [7, 11) is 2.89. The maximum absolute atomic E-state index is 12.4. The zero-order valence-corrected chi connectivity index (χ0v) is 18.3. The average Bonchev–Trinajstić information content (AvgIpc) is 2.80. The summed E-state index contributed by atoms with van der Waals surface area (Å²) in [5.74, 6) is -0.0248. The molecule has 1 saturated heterocycles. The lowest BCUT2D eigenvalue weighted by Crippen LogP contribution is -2.50. The zero-order valence-electron chi connectivity index (χ0n) is 18.3. The summed E-state index contributed by atoms with van der Waals surface area (Å²) in [6, 6.07) is 13.8. The van der Waals surface area contributed by atoms with Gasteiger partial charge in [0.15, 0.2) is 0 Å². The van der Waals surface area contributed by atoms with E-state index in [1.54, 1.807) is 43.5 Å². The number of hydrogen-bond donors (Lipinski definition) is 2. The van der Waals surface area contributed by atoms with Gasteiger partial charge >= 0.3 is 5.97 Å². The van der Waals surface area contributed by atoms with Crippen LogP contribution in [-0.2, 0) is 14.3 Å². The minimum Gasteiger partial charge on any atom is -0.495 e. The summed E-state index contributed by atoms with van der Waals surface area (Å²) in [5, 5.41) is 5.71. The second-order valence-electron chi connectivity index (χ2n) is 7.42. The highest BCUT2D eigenvalue weighted by Gasteiger charge is 2.21. The van der Waals surface area contributed by atoms with Crippen molar-refractivity contribution < 1.29 is 23.9 Å². The van der Waals surface area contributed by atoms with Gasteiger partial charge < -0.3 is 20.1 Å². The maximum Gasteiger partial charge on any atom is 0.337 e. The molecule has 2 aromatic rings. The number of carbonyl (C=O) groups is 3. The molecule has 0 aromatic heterocycles. The molecule has 1 fully saturated rings. The second-order valence-corrected chi connectivity index (χ2v) is 7.42. The van der Waals surface area contributed by atoms with Gasteiger partial charge in [-0.3, -0.25) is 19.4 Å². The second kappa shape index (κ2) is 11.3. The lowest BCUT2D eigenvalue weighted by Gasteiger charge is -2.33. The highest BCUT2D eigenvalue weighted by Crippen LogP contribution is 2.22. The third-order valence-corrected chi connectivity index (χ3v) is 5.17. The van der Waals surface area contributed by atoms with E-state index < -0.39 is 5.97 Å². The van der Waals surface area contributed by atoms with Crippen LogP contribution in [0, 0.1) is 0 Å². The van der Waals surface area contributed by atoms with Crippen molar-refractivity contribution in [3.63, 3.8) is 0 Å².